The molecular formula is C16H24BrNO2. The second-order valence-corrected chi connectivity index (χ2v) is 6.66. The van der Waals surface area contributed by atoms with Gasteiger partial charge in [-0.25, -0.2) is 0 Å². The fraction of sp³-hybridized carbons (Fsp3) is 0.625. The monoisotopic (exact) mass is 341 g/mol. The highest BCUT2D eigenvalue weighted by atomic mass is 79.9. The minimum atomic E-state index is -0.443. The van der Waals surface area contributed by atoms with E-state index in [1.807, 2.05) is 24.3 Å². The summed E-state index contributed by atoms with van der Waals surface area (Å²) in [6.07, 6.45) is 3.31. The number of likely N-dealkylation sites (tertiary alicyclic amines) is 1. The SMILES string of the molecule is C[C@@H]1CCC[C@@H](C)N1C[C@H](O)COc1ccc(Br)cc1. The van der Waals surface area contributed by atoms with Gasteiger partial charge in [0.2, 0.25) is 0 Å². The van der Waals surface area contributed by atoms with Gasteiger partial charge in [-0.1, -0.05) is 22.4 Å². The highest BCUT2D eigenvalue weighted by Crippen LogP contribution is 2.22. The lowest BCUT2D eigenvalue weighted by atomic mass is 9.97. The Bertz CT molecular complexity index is 399. The van der Waals surface area contributed by atoms with E-state index in [1.54, 1.807) is 0 Å². The van der Waals surface area contributed by atoms with E-state index in [1.165, 1.54) is 19.3 Å². The third kappa shape index (κ3) is 4.47. The van der Waals surface area contributed by atoms with Gasteiger partial charge >= 0.3 is 0 Å². The Kier molecular flexibility index (Phi) is 5.87. The molecule has 1 aromatic carbocycles. The molecular weight excluding hydrogens is 318 g/mol. The van der Waals surface area contributed by atoms with Gasteiger partial charge in [-0.05, 0) is 51.0 Å². The molecule has 0 unspecified atom stereocenters. The number of hydrogen-bond acceptors (Lipinski definition) is 3. The zero-order chi connectivity index (χ0) is 14.5. The van der Waals surface area contributed by atoms with E-state index in [2.05, 4.69) is 34.7 Å². The number of halogens is 1. The molecule has 0 spiro atoms. The van der Waals surface area contributed by atoms with Gasteiger partial charge in [-0.3, -0.25) is 4.90 Å². The number of piperidine rings is 1. The molecule has 1 N–H and O–H groups in total. The number of β-amino-alcohol motifs (C(OH)–C–C–N with tert-alkyl or cyclic N) is 1. The van der Waals surface area contributed by atoms with Crippen LogP contribution < -0.4 is 4.74 Å². The Morgan fingerprint density at radius 1 is 1.25 bits per heavy atom. The maximum absolute atomic E-state index is 10.2. The number of aliphatic hydroxyl groups excluding tert-OH is 1. The van der Waals surface area contributed by atoms with Gasteiger partial charge in [-0.15, -0.1) is 0 Å². The minimum Gasteiger partial charge on any atom is -0.491 e. The summed E-state index contributed by atoms with van der Waals surface area (Å²) in [4.78, 5) is 2.40. The van der Waals surface area contributed by atoms with Crippen LogP contribution in [0.4, 0.5) is 0 Å². The third-order valence-corrected chi connectivity index (χ3v) is 4.58. The maximum Gasteiger partial charge on any atom is 0.119 e. The van der Waals surface area contributed by atoms with Crippen LogP contribution >= 0.6 is 15.9 Å². The van der Waals surface area contributed by atoms with Crippen LogP contribution in [0.2, 0.25) is 0 Å². The largest absolute Gasteiger partial charge is 0.491 e. The summed E-state index contributed by atoms with van der Waals surface area (Å²) in [5.74, 6) is 0.798. The van der Waals surface area contributed by atoms with E-state index >= 15 is 0 Å². The molecule has 1 aromatic rings. The minimum absolute atomic E-state index is 0.345. The molecule has 1 heterocycles. The first kappa shape index (κ1) is 15.8. The summed E-state index contributed by atoms with van der Waals surface area (Å²) in [5.41, 5.74) is 0. The van der Waals surface area contributed by atoms with Crippen molar-refractivity contribution < 1.29 is 9.84 Å². The number of aliphatic hydroxyl groups is 1. The van der Waals surface area contributed by atoms with Crippen LogP contribution in [0.1, 0.15) is 33.1 Å². The van der Waals surface area contributed by atoms with Crippen molar-refractivity contribution in [2.24, 2.45) is 0 Å². The zero-order valence-electron chi connectivity index (χ0n) is 12.3. The summed E-state index contributed by atoms with van der Waals surface area (Å²) in [6, 6.07) is 8.81. The number of nitrogens with zero attached hydrogens (tertiary/aromatic N) is 1. The van der Waals surface area contributed by atoms with Crippen molar-refractivity contribution in [3.8, 4) is 5.75 Å². The molecule has 0 amide bonds. The molecule has 0 saturated carbocycles. The zero-order valence-corrected chi connectivity index (χ0v) is 13.8. The number of benzene rings is 1. The molecule has 2 rings (SSSR count). The lowest BCUT2D eigenvalue weighted by molar-refractivity contribution is 0.0209. The lowest BCUT2D eigenvalue weighted by Crippen LogP contribution is -2.48. The van der Waals surface area contributed by atoms with Crippen LogP contribution in [-0.4, -0.2) is 41.3 Å². The van der Waals surface area contributed by atoms with Crippen LogP contribution in [0.3, 0.4) is 0 Å². The van der Waals surface area contributed by atoms with Crippen molar-refractivity contribution >= 4 is 15.9 Å². The smallest absolute Gasteiger partial charge is 0.119 e. The Balaban J connectivity index is 1.79. The van der Waals surface area contributed by atoms with Crippen molar-refractivity contribution in [3.63, 3.8) is 0 Å². The van der Waals surface area contributed by atoms with Crippen LogP contribution in [-0.2, 0) is 0 Å². The van der Waals surface area contributed by atoms with Crippen LogP contribution in [0.25, 0.3) is 0 Å². The first-order chi connectivity index (χ1) is 9.56. The van der Waals surface area contributed by atoms with E-state index < -0.39 is 6.10 Å². The van der Waals surface area contributed by atoms with E-state index in [-0.39, 0.29) is 0 Å². The van der Waals surface area contributed by atoms with Crippen molar-refractivity contribution in [3.05, 3.63) is 28.7 Å². The van der Waals surface area contributed by atoms with E-state index in [0.29, 0.717) is 25.2 Å². The van der Waals surface area contributed by atoms with Crippen molar-refractivity contribution in [1.29, 1.82) is 0 Å². The van der Waals surface area contributed by atoms with Crippen molar-refractivity contribution in [2.75, 3.05) is 13.2 Å². The Labute approximate surface area is 130 Å². The molecule has 4 heteroatoms. The summed E-state index contributed by atoms with van der Waals surface area (Å²) >= 11 is 3.39. The second-order valence-electron chi connectivity index (χ2n) is 5.74. The van der Waals surface area contributed by atoms with E-state index in [9.17, 15) is 5.11 Å². The van der Waals surface area contributed by atoms with Gasteiger partial charge in [0.1, 0.15) is 18.5 Å². The third-order valence-electron chi connectivity index (χ3n) is 4.05. The molecule has 20 heavy (non-hydrogen) atoms. The highest BCUT2D eigenvalue weighted by Gasteiger charge is 2.26. The van der Waals surface area contributed by atoms with E-state index in [4.69, 9.17) is 4.74 Å². The fourth-order valence-corrected chi connectivity index (χ4v) is 3.12. The molecule has 0 aliphatic carbocycles. The predicted octanol–water partition coefficient (Wildman–Crippen LogP) is 3.45. The van der Waals surface area contributed by atoms with E-state index in [0.717, 1.165) is 10.2 Å². The maximum atomic E-state index is 10.2. The molecule has 3 atom stereocenters. The number of rotatable bonds is 5. The Hall–Kier alpha value is -0.580. The molecule has 112 valence electrons. The summed E-state index contributed by atoms with van der Waals surface area (Å²) in [5, 5.41) is 10.2. The lowest BCUT2D eigenvalue weighted by Gasteiger charge is -2.40. The average molecular weight is 342 g/mol. The van der Waals surface area contributed by atoms with Crippen molar-refractivity contribution in [1.82, 2.24) is 4.90 Å². The van der Waals surface area contributed by atoms with Crippen LogP contribution in [0, 0.1) is 0 Å². The molecule has 0 bridgehead atoms. The molecule has 1 fully saturated rings. The normalized spacial score (nSPS) is 25.4. The highest BCUT2D eigenvalue weighted by molar-refractivity contribution is 9.10. The second kappa shape index (κ2) is 7.43. The quantitative estimate of drug-likeness (QED) is 0.890. The van der Waals surface area contributed by atoms with Gasteiger partial charge in [0, 0.05) is 23.1 Å². The molecule has 0 aromatic heterocycles. The molecule has 0 radical (unpaired) electrons. The summed E-state index contributed by atoms with van der Waals surface area (Å²) in [7, 11) is 0. The van der Waals surface area contributed by atoms with Gasteiger partial charge in [0.05, 0.1) is 0 Å². The average Bonchev–Trinajstić information content (AvgIpc) is 2.42. The summed E-state index contributed by atoms with van der Waals surface area (Å²) < 4.78 is 6.67. The van der Waals surface area contributed by atoms with Gasteiger partial charge in [0.25, 0.3) is 0 Å². The molecule has 3 nitrogen and oxygen atoms in total. The molecule has 1 saturated heterocycles. The Morgan fingerprint density at radius 3 is 2.45 bits per heavy atom. The van der Waals surface area contributed by atoms with Gasteiger partial charge in [0.15, 0.2) is 0 Å². The first-order valence-corrected chi connectivity index (χ1v) is 8.17. The Morgan fingerprint density at radius 2 is 1.85 bits per heavy atom. The number of ether oxygens (including phenoxy) is 1. The van der Waals surface area contributed by atoms with Gasteiger partial charge < -0.3 is 9.84 Å². The topological polar surface area (TPSA) is 32.7 Å². The standard InChI is InChI=1S/C16H24BrNO2/c1-12-4-3-5-13(2)18(12)10-15(19)11-20-16-8-6-14(17)7-9-16/h6-9,12-13,15,19H,3-5,10-11H2,1-2H3/t12-,13-,15+/m1/s1. The first-order valence-electron chi connectivity index (χ1n) is 7.38. The van der Waals surface area contributed by atoms with Crippen LogP contribution in [0.5, 0.6) is 5.75 Å². The van der Waals surface area contributed by atoms with Crippen molar-refractivity contribution in [2.45, 2.75) is 51.3 Å². The van der Waals surface area contributed by atoms with Gasteiger partial charge in [-0.2, -0.15) is 0 Å². The van der Waals surface area contributed by atoms with Crippen LogP contribution in [0.15, 0.2) is 28.7 Å². The number of hydrogen-bond donors (Lipinski definition) is 1. The summed E-state index contributed by atoms with van der Waals surface area (Å²) in [6.45, 7) is 5.53. The predicted molar refractivity (Wildman–Crippen MR) is 85.1 cm³/mol. The fourth-order valence-electron chi connectivity index (χ4n) is 2.85. The molecule has 1 aliphatic heterocycles. The molecule has 1 aliphatic rings.